The SMILES string of the molecule is CC(C(=O)Nc1cccc(F)c1)N1CCN(Cc2cccc(N)c2)CC1.Cl.Cl. The van der Waals surface area contributed by atoms with Crippen LogP contribution in [0, 0.1) is 5.82 Å². The Bertz CT molecular complexity index is 769. The number of carbonyl (C=O) groups is 1. The third-order valence-electron chi connectivity index (χ3n) is 4.78. The number of hydrogen-bond acceptors (Lipinski definition) is 4. The van der Waals surface area contributed by atoms with Gasteiger partial charge in [0.2, 0.25) is 5.91 Å². The summed E-state index contributed by atoms with van der Waals surface area (Å²) in [5.74, 6) is -0.467. The number of halogens is 3. The van der Waals surface area contributed by atoms with Crippen LogP contribution in [0.15, 0.2) is 48.5 Å². The third kappa shape index (κ3) is 6.63. The molecule has 154 valence electrons. The predicted molar refractivity (Wildman–Crippen MR) is 117 cm³/mol. The van der Waals surface area contributed by atoms with Crippen molar-refractivity contribution in [1.29, 1.82) is 0 Å². The first-order chi connectivity index (χ1) is 12.5. The number of amides is 1. The Balaban J connectivity index is 0.00000196. The zero-order valence-electron chi connectivity index (χ0n) is 15.8. The summed E-state index contributed by atoms with van der Waals surface area (Å²) >= 11 is 0. The molecule has 1 saturated heterocycles. The van der Waals surface area contributed by atoms with Crippen molar-refractivity contribution in [2.75, 3.05) is 37.2 Å². The minimum atomic E-state index is -0.356. The van der Waals surface area contributed by atoms with Crippen LogP contribution in [-0.4, -0.2) is 47.9 Å². The second kappa shape index (κ2) is 11.2. The van der Waals surface area contributed by atoms with Crippen molar-refractivity contribution in [3.05, 3.63) is 59.9 Å². The Hall–Kier alpha value is -1.86. The summed E-state index contributed by atoms with van der Waals surface area (Å²) in [4.78, 5) is 17.0. The number of carbonyl (C=O) groups excluding carboxylic acids is 1. The van der Waals surface area contributed by atoms with Crippen molar-refractivity contribution in [2.45, 2.75) is 19.5 Å². The minimum Gasteiger partial charge on any atom is -0.399 e. The second-order valence-corrected chi connectivity index (χ2v) is 6.73. The lowest BCUT2D eigenvalue weighted by Gasteiger charge is -2.37. The summed E-state index contributed by atoms with van der Waals surface area (Å²) in [5, 5.41) is 2.79. The van der Waals surface area contributed by atoms with E-state index in [2.05, 4.69) is 21.2 Å². The van der Waals surface area contributed by atoms with Gasteiger partial charge in [0.15, 0.2) is 0 Å². The lowest BCUT2D eigenvalue weighted by molar-refractivity contribution is -0.121. The van der Waals surface area contributed by atoms with E-state index in [1.165, 1.54) is 17.7 Å². The van der Waals surface area contributed by atoms with Crippen LogP contribution in [0.25, 0.3) is 0 Å². The van der Waals surface area contributed by atoms with Gasteiger partial charge in [-0.2, -0.15) is 0 Å². The molecule has 3 rings (SSSR count). The van der Waals surface area contributed by atoms with Gasteiger partial charge in [-0.1, -0.05) is 18.2 Å². The highest BCUT2D eigenvalue weighted by Crippen LogP contribution is 2.15. The molecule has 0 aromatic heterocycles. The molecule has 3 N–H and O–H groups in total. The van der Waals surface area contributed by atoms with Crippen LogP contribution in [0.3, 0.4) is 0 Å². The predicted octanol–water partition coefficient (Wildman–Crippen LogP) is 3.40. The van der Waals surface area contributed by atoms with Gasteiger partial charge in [0.05, 0.1) is 6.04 Å². The molecule has 2 aromatic carbocycles. The smallest absolute Gasteiger partial charge is 0.241 e. The molecule has 1 aliphatic heterocycles. The molecule has 5 nitrogen and oxygen atoms in total. The van der Waals surface area contributed by atoms with Crippen LogP contribution in [0.2, 0.25) is 0 Å². The monoisotopic (exact) mass is 428 g/mol. The molecule has 0 spiro atoms. The summed E-state index contributed by atoms with van der Waals surface area (Å²) in [6.45, 7) is 6.18. The Morgan fingerprint density at radius 1 is 1.11 bits per heavy atom. The Kier molecular flexibility index (Phi) is 9.69. The van der Waals surface area contributed by atoms with E-state index in [-0.39, 0.29) is 42.6 Å². The van der Waals surface area contributed by atoms with Crippen molar-refractivity contribution in [3.8, 4) is 0 Å². The number of rotatable bonds is 5. The van der Waals surface area contributed by atoms with Crippen molar-refractivity contribution in [3.63, 3.8) is 0 Å². The van der Waals surface area contributed by atoms with E-state index in [4.69, 9.17) is 5.73 Å². The highest BCUT2D eigenvalue weighted by atomic mass is 35.5. The van der Waals surface area contributed by atoms with Crippen LogP contribution in [-0.2, 0) is 11.3 Å². The van der Waals surface area contributed by atoms with E-state index in [0.29, 0.717) is 5.69 Å². The first kappa shape index (κ1) is 24.2. The van der Waals surface area contributed by atoms with Gasteiger partial charge in [0, 0.05) is 44.1 Å². The standard InChI is InChI=1S/C20H25FN4O.2ClH/c1-15(20(26)23-19-7-3-5-17(21)13-19)25-10-8-24(9-11-25)14-16-4-2-6-18(22)12-16;;/h2-7,12-13,15H,8-11,14,22H2,1H3,(H,23,26);2*1H. The third-order valence-corrected chi connectivity index (χ3v) is 4.78. The number of hydrogen-bond donors (Lipinski definition) is 2. The Morgan fingerprint density at radius 2 is 1.79 bits per heavy atom. The first-order valence-electron chi connectivity index (χ1n) is 8.88. The van der Waals surface area contributed by atoms with Crippen molar-refractivity contribution in [1.82, 2.24) is 9.80 Å². The average molecular weight is 429 g/mol. The highest BCUT2D eigenvalue weighted by molar-refractivity contribution is 5.94. The second-order valence-electron chi connectivity index (χ2n) is 6.73. The van der Waals surface area contributed by atoms with E-state index in [9.17, 15) is 9.18 Å². The van der Waals surface area contributed by atoms with Crippen LogP contribution in [0.1, 0.15) is 12.5 Å². The summed E-state index contributed by atoms with van der Waals surface area (Å²) < 4.78 is 13.2. The van der Waals surface area contributed by atoms with Gasteiger partial charge in [0.1, 0.15) is 5.82 Å². The lowest BCUT2D eigenvalue weighted by atomic mass is 10.1. The zero-order chi connectivity index (χ0) is 18.5. The molecule has 0 aliphatic carbocycles. The molecule has 1 atom stereocenters. The molecule has 28 heavy (non-hydrogen) atoms. The molecule has 2 aromatic rings. The molecule has 8 heteroatoms. The normalized spacial score (nSPS) is 15.8. The van der Waals surface area contributed by atoms with Gasteiger partial charge in [-0.3, -0.25) is 14.6 Å². The van der Waals surface area contributed by atoms with E-state index in [1.54, 1.807) is 12.1 Å². The fourth-order valence-electron chi connectivity index (χ4n) is 3.24. The maximum atomic E-state index is 13.2. The fourth-order valence-corrected chi connectivity index (χ4v) is 3.24. The Labute approximate surface area is 177 Å². The van der Waals surface area contributed by atoms with Gasteiger partial charge < -0.3 is 11.1 Å². The molecule has 0 radical (unpaired) electrons. The summed E-state index contributed by atoms with van der Waals surface area (Å²) in [6, 6.07) is 13.7. The van der Waals surface area contributed by atoms with Gasteiger partial charge >= 0.3 is 0 Å². The topological polar surface area (TPSA) is 61.6 Å². The molecule has 1 heterocycles. The van der Waals surface area contributed by atoms with Crippen molar-refractivity contribution in [2.24, 2.45) is 0 Å². The highest BCUT2D eigenvalue weighted by Gasteiger charge is 2.25. The number of benzene rings is 2. The van der Waals surface area contributed by atoms with Crippen molar-refractivity contribution >= 4 is 42.1 Å². The van der Waals surface area contributed by atoms with Crippen LogP contribution in [0.5, 0.6) is 0 Å². The van der Waals surface area contributed by atoms with Crippen LogP contribution < -0.4 is 11.1 Å². The maximum Gasteiger partial charge on any atom is 0.241 e. The number of nitrogens with zero attached hydrogens (tertiary/aromatic N) is 2. The van der Waals surface area contributed by atoms with E-state index < -0.39 is 0 Å². The number of nitrogen functional groups attached to an aromatic ring is 1. The first-order valence-corrected chi connectivity index (χ1v) is 8.88. The molecular weight excluding hydrogens is 402 g/mol. The lowest BCUT2D eigenvalue weighted by Crippen LogP contribution is -2.52. The van der Waals surface area contributed by atoms with E-state index in [0.717, 1.165) is 38.4 Å². The van der Waals surface area contributed by atoms with Crippen LogP contribution in [0.4, 0.5) is 15.8 Å². The fraction of sp³-hybridized carbons (Fsp3) is 0.350. The zero-order valence-corrected chi connectivity index (χ0v) is 17.4. The van der Waals surface area contributed by atoms with Gasteiger partial charge in [-0.25, -0.2) is 4.39 Å². The molecule has 0 saturated carbocycles. The molecule has 1 unspecified atom stereocenters. The Morgan fingerprint density at radius 3 is 2.43 bits per heavy atom. The molecule has 0 bridgehead atoms. The summed E-state index contributed by atoms with van der Waals surface area (Å²) in [7, 11) is 0. The summed E-state index contributed by atoms with van der Waals surface area (Å²) in [5.41, 5.74) is 8.31. The van der Waals surface area contributed by atoms with Gasteiger partial charge in [0.25, 0.3) is 0 Å². The number of nitrogens with one attached hydrogen (secondary N) is 1. The van der Waals surface area contributed by atoms with Gasteiger partial charge in [-0.15, -0.1) is 24.8 Å². The quantitative estimate of drug-likeness (QED) is 0.716. The van der Waals surface area contributed by atoms with Gasteiger partial charge in [-0.05, 0) is 42.8 Å². The summed E-state index contributed by atoms with van der Waals surface area (Å²) in [6.07, 6.45) is 0. The van der Waals surface area contributed by atoms with E-state index in [1.807, 2.05) is 25.1 Å². The number of anilines is 2. The van der Waals surface area contributed by atoms with E-state index >= 15 is 0 Å². The van der Waals surface area contributed by atoms with Crippen LogP contribution >= 0.6 is 24.8 Å². The van der Waals surface area contributed by atoms with Crippen molar-refractivity contribution < 1.29 is 9.18 Å². The number of nitrogens with two attached hydrogens (primary N) is 1. The largest absolute Gasteiger partial charge is 0.399 e. The number of piperazine rings is 1. The molecule has 1 fully saturated rings. The average Bonchev–Trinajstić information content (AvgIpc) is 2.62. The molecule has 1 aliphatic rings. The minimum absolute atomic E-state index is 0. The maximum absolute atomic E-state index is 13.2. The molecular formula is C20H27Cl2FN4O. The molecule has 1 amide bonds.